The zero-order chi connectivity index (χ0) is 15.2. The highest BCUT2D eigenvalue weighted by atomic mass is 79.9. The highest BCUT2D eigenvalue weighted by Crippen LogP contribution is 2.19. The zero-order valence-corrected chi connectivity index (χ0v) is 12.9. The number of rotatable bonds is 5. The van der Waals surface area contributed by atoms with Crippen molar-refractivity contribution in [3.63, 3.8) is 0 Å². The molecule has 0 aliphatic rings. The lowest BCUT2D eigenvalue weighted by molar-refractivity contribution is 0.393. The van der Waals surface area contributed by atoms with Crippen molar-refractivity contribution in [3.05, 3.63) is 44.9 Å². The van der Waals surface area contributed by atoms with E-state index in [1.165, 1.54) is 4.68 Å². The summed E-state index contributed by atoms with van der Waals surface area (Å²) in [7, 11) is 1.56. The summed E-state index contributed by atoms with van der Waals surface area (Å²) >= 11 is 3.26. The summed E-state index contributed by atoms with van der Waals surface area (Å²) in [5, 5.41) is 7.13. The average molecular weight is 349 g/mol. The van der Waals surface area contributed by atoms with Gasteiger partial charge in [0, 0.05) is 18.3 Å². The Morgan fingerprint density at radius 3 is 3.10 bits per heavy atom. The van der Waals surface area contributed by atoms with Gasteiger partial charge in [-0.05, 0) is 22.0 Å². The fourth-order valence-corrected chi connectivity index (χ4v) is 2.17. The van der Waals surface area contributed by atoms with Gasteiger partial charge in [-0.25, -0.2) is 9.67 Å². The van der Waals surface area contributed by atoms with Gasteiger partial charge < -0.3 is 10.1 Å². The second-order valence-electron chi connectivity index (χ2n) is 4.06. The minimum absolute atomic E-state index is 0.133. The van der Waals surface area contributed by atoms with Crippen molar-refractivity contribution in [1.29, 1.82) is 0 Å². The predicted molar refractivity (Wildman–Crippen MR) is 83.1 cm³/mol. The van der Waals surface area contributed by atoms with E-state index in [9.17, 15) is 4.79 Å². The Hall–Kier alpha value is -2.33. The molecule has 0 unspecified atom stereocenters. The molecule has 0 aromatic carbocycles. The van der Waals surface area contributed by atoms with Gasteiger partial charge in [0.05, 0.1) is 19.0 Å². The molecule has 2 rings (SSSR count). The lowest BCUT2D eigenvalue weighted by Gasteiger charge is -2.11. The Morgan fingerprint density at radius 1 is 1.57 bits per heavy atom. The number of aromatic nitrogens is 3. The lowest BCUT2D eigenvalue weighted by atomic mass is 10.2. The van der Waals surface area contributed by atoms with Crippen LogP contribution in [0, 0.1) is 12.3 Å². The fraction of sp³-hybridized carbons (Fsp3) is 0.214. The van der Waals surface area contributed by atoms with E-state index >= 15 is 0 Å². The summed E-state index contributed by atoms with van der Waals surface area (Å²) in [6.07, 6.45) is 8.38. The van der Waals surface area contributed by atoms with Crippen LogP contribution in [0.3, 0.4) is 0 Å². The van der Waals surface area contributed by atoms with Crippen molar-refractivity contribution in [1.82, 2.24) is 14.8 Å². The fourth-order valence-electron chi connectivity index (χ4n) is 1.72. The number of hydrogen-bond donors (Lipinski definition) is 1. The second kappa shape index (κ2) is 6.90. The zero-order valence-electron chi connectivity index (χ0n) is 11.3. The monoisotopic (exact) mass is 348 g/mol. The van der Waals surface area contributed by atoms with E-state index in [2.05, 4.69) is 37.2 Å². The van der Waals surface area contributed by atoms with Crippen LogP contribution >= 0.6 is 15.9 Å². The molecule has 6 nitrogen and oxygen atoms in total. The van der Waals surface area contributed by atoms with E-state index in [-0.39, 0.29) is 12.1 Å². The first kappa shape index (κ1) is 15.1. The molecular formula is C14H13BrN4O2. The molecule has 2 aromatic heterocycles. The molecule has 2 heterocycles. The van der Waals surface area contributed by atoms with Crippen molar-refractivity contribution >= 4 is 21.6 Å². The van der Waals surface area contributed by atoms with Crippen LogP contribution in [0.2, 0.25) is 0 Å². The van der Waals surface area contributed by atoms with Crippen LogP contribution in [0.25, 0.3) is 0 Å². The Balaban J connectivity index is 2.20. The standard InChI is InChI=1S/C14H13BrN4O2/c1-3-7-19-14(20)12(15)11(9-18-19)17-8-10-5-4-6-16-13(10)21-2/h1,4-6,9,17H,7-8H2,2H3. The predicted octanol–water partition coefficient (Wildman–Crippen LogP) is 1.65. The molecular weight excluding hydrogens is 336 g/mol. The van der Waals surface area contributed by atoms with E-state index in [1.807, 2.05) is 12.1 Å². The van der Waals surface area contributed by atoms with Crippen LogP contribution in [0.5, 0.6) is 5.88 Å². The molecule has 0 spiro atoms. The first-order valence-corrected chi connectivity index (χ1v) is 6.87. The molecule has 0 radical (unpaired) electrons. The molecule has 0 bridgehead atoms. The molecule has 0 atom stereocenters. The molecule has 0 aliphatic carbocycles. The van der Waals surface area contributed by atoms with Crippen molar-refractivity contribution in [2.75, 3.05) is 12.4 Å². The summed E-state index contributed by atoms with van der Waals surface area (Å²) in [5.41, 5.74) is 1.18. The number of hydrogen-bond acceptors (Lipinski definition) is 5. The van der Waals surface area contributed by atoms with E-state index in [0.29, 0.717) is 22.6 Å². The Labute approximate surface area is 130 Å². The molecule has 0 amide bonds. The highest BCUT2D eigenvalue weighted by Gasteiger charge is 2.09. The molecule has 0 aliphatic heterocycles. The van der Waals surface area contributed by atoms with Crippen LogP contribution in [-0.4, -0.2) is 21.9 Å². The molecule has 0 saturated heterocycles. The third-order valence-electron chi connectivity index (χ3n) is 2.74. The van der Waals surface area contributed by atoms with Gasteiger partial charge in [-0.3, -0.25) is 4.79 Å². The Kier molecular flexibility index (Phi) is 4.95. The number of nitrogens with zero attached hydrogens (tertiary/aromatic N) is 3. The van der Waals surface area contributed by atoms with E-state index in [1.54, 1.807) is 19.5 Å². The minimum atomic E-state index is -0.281. The van der Waals surface area contributed by atoms with Crippen LogP contribution in [-0.2, 0) is 13.1 Å². The van der Waals surface area contributed by atoms with Crippen LogP contribution in [0.4, 0.5) is 5.69 Å². The average Bonchev–Trinajstić information content (AvgIpc) is 2.51. The topological polar surface area (TPSA) is 69.0 Å². The summed E-state index contributed by atoms with van der Waals surface area (Å²) in [5.74, 6) is 2.92. The molecule has 1 N–H and O–H groups in total. The van der Waals surface area contributed by atoms with Gasteiger partial charge >= 0.3 is 0 Å². The SMILES string of the molecule is C#CCn1ncc(NCc2cccnc2OC)c(Br)c1=O. The summed E-state index contributed by atoms with van der Waals surface area (Å²) in [4.78, 5) is 16.1. The van der Waals surface area contributed by atoms with Crippen molar-refractivity contribution < 1.29 is 4.74 Å². The molecule has 21 heavy (non-hydrogen) atoms. The Morgan fingerprint density at radius 2 is 2.38 bits per heavy atom. The number of anilines is 1. The van der Waals surface area contributed by atoms with Crippen LogP contribution in [0.1, 0.15) is 5.56 Å². The van der Waals surface area contributed by atoms with Crippen molar-refractivity contribution in [3.8, 4) is 18.2 Å². The molecule has 7 heteroatoms. The van der Waals surface area contributed by atoms with Gasteiger partial charge in [0.2, 0.25) is 5.88 Å². The lowest BCUT2D eigenvalue weighted by Crippen LogP contribution is -2.24. The number of halogens is 1. The van der Waals surface area contributed by atoms with Gasteiger partial charge in [-0.2, -0.15) is 5.10 Å². The maximum absolute atomic E-state index is 12.0. The van der Waals surface area contributed by atoms with E-state index in [0.717, 1.165) is 5.56 Å². The summed E-state index contributed by atoms with van der Waals surface area (Å²) in [6, 6.07) is 3.71. The first-order chi connectivity index (χ1) is 10.2. The van der Waals surface area contributed by atoms with E-state index in [4.69, 9.17) is 11.2 Å². The van der Waals surface area contributed by atoms with E-state index < -0.39 is 0 Å². The normalized spacial score (nSPS) is 9.95. The van der Waals surface area contributed by atoms with Gasteiger partial charge in [0.15, 0.2) is 0 Å². The third kappa shape index (κ3) is 3.41. The summed E-state index contributed by atoms with van der Waals surface area (Å²) < 4.78 is 6.77. The van der Waals surface area contributed by atoms with Gasteiger partial charge in [0.25, 0.3) is 5.56 Å². The van der Waals surface area contributed by atoms with Gasteiger partial charge in [-0.1, -0.05) is 12.0 Å². The molecule has 2 aromatic rings. The maximum Gasteiger partial charge on any atom is 0.284 e. The van der Waals surface area contributed by atoms with Crippen molar-refractivity contribution in [2.24, 2.45) is 0 Å². The number of terminal acetylenes is 1. The first-order valence-electron chi connectivity index (χ1n) is 6.08. The number of ether oxygens (including phenoxy) is 1. The number of methoxy groups -OCH3 is 1. The van der Waals surface area contributed by atoms with Gasteiger partial charge in [-0.15, -0.1) is 6.42 Å². The van der Waals surface area contributed by atoms with Crippen LogP contribution < -0.4 is 15.6 Å². The smallest absolute Gasteiger partial charge is 0.284 e. The maximum atomic E-state index is 12.0. The molecule has 0 fully saturated rings. The van der Waals surface area contributed by atoms with Crippen molar-refractivity contribution in [2.45, 2.75) is 13.1 Å². The minimum Gasteiger partial charge on any atom is -0.481 e. The largest absolute Gasteiger partial charge is 0.481 e. The van der Waals surface area contributed by atoms with Gasteiger partial charge in [0.1, 0.15) is 11.0 Å². The summed E-state index contributed by atoms with van der Waals surface area (Å²) in [6.45, 7) is 0.587. The number of nitrogens with one attached hydrogen (secondary N) is 1. The third-order valence-corrected chi connectivity index (χ3v) is 3.50. The quantitative estimate of drug-likeness (QED) is 0.832. The highest BCUT2D eigenvalue weighted by molar-refractivity contribution is 9.10. The Bertz CT molecular complexity index is 736. The molecule has 0 saturated carbocycles. The second-order valence-corrected chi connectivity index (χ2v) is 4.86. The molecule has 108 valence electrons. The van der Waals surface area contributed by atoms with Crippen LogP contribution in [0.15, 0.2) is 33.8 Å². The number of pyridine rings is 1.